The molecular formula is C11H13ClN2O6. The number of aliphatic hydroxyl groups excluding tert-OH is 3. The van der Waals surface area contributed by atoms with Crippen LogP contribution >= 0.6 is 11.6 Å². The molecule has 0 aliphatic carbocycles. The van der Waals surface area contributed by atoms with Crippen LogP contribution in [0.15, 0.2) is 18.2 Å². The Balaban J connectivity index is 2.20. The molecule has 1 aromatic rings. The first-order valence-corrected chi connectivity index (χ1v) is 6.14. The lowest BCUT2D eigenvalue weighted by molar-refractivity contribution is -0.384. The Labute approximate surface area is 118 Å². The molecule has 0 spiro atoms. The zero-order valence-corrected chi connectivity index (χ0v) is 10.9. The van der Waals surface area contributed by atoms with E-state index < -0.39 is 29.5 Å². The van der Waals surface area contributed by atoms with Gasteiger partial charge in [0.1, 0.15) is 24.0 Å². The monoisotopic (exact) mass is 304 g/mol. The van der Waals surface area contributed by atoms with Gasteiger partial charge in [-0.15, -0.1) is 0 Å². The molecule has 0 radical (unpaired) electrons. The average molecular weight is 305 g/mol. The van der Waals surface area contributed by atoms with Crippen LogP contribution in [0.3, 0.4) is 0 Å². The number of anilines is 1. The molecule has 1 aromatic carbocycles. The highest BCUT2D eigenvalue weighted by atomic mass is 35.5. The lowest BCUT2D eigenvalue weighted by atomic mass is 10.0. The summed E-state index contributed by atoms with van der Waals surface area (Å²) < 4.78 is 5.12. The third-order valence-corrected chi connectivity index (χ3v) is 3.19. The molecule has 20 heavy (non-hydrogen) atoms. The van der Waals surface area contributed by atoms with E-state index in [1.165, 1.54) is 12.1 Å². The zero-order chi connectivity index (χ0) is 14.9. The van der Waals surface area contributed by atoms with Gasteiger partial charge in [0, 0.05) is 11.1 Å². The number of ether oxygens (including phenoxy) is 1. The van der Waals surface area contributed by atoms with Crippen LogP contribution in [0, 0.1) is 10.1 Å². The van der Waals surface area contributed by atoms with E-state index in [0.29, 0.717) is 0 Å². The maximum atomic E-state index is 10.9. The minimum absolute atomic E-state index is 0.0899. The highest BCUT2D eigenvalue weighted by Crippen LogP contribution is 2.29. The number of aliphatic hydroxyl groups is 3. The summed E-state index contributed by atoms with van der Waals surface area (Å²) in [5, 5.41) is 42.4. The van der Waals surface area contributed by atoms with Crippen LogP contribution in [0.5, 0.6) is 0 Å². The Morgan fingerprint density at radius 2 is 2.05 bits per heavy atom. The van der Waals surface area contributed by atoms with Gasteiger partial charge >= 0.3 is 0 Å². The van der Waals surface area contributed by atoms with Gasteiger partial charge in [-0.25, -0.2) is 0 Å². The Morgan fingerprint density at radius 3 is 2.70 bits per heavy atom. The molecule has 1 aliphatic heterocycles. The molecule has 0 unspecified atom stereocenters. The summed E-state index contributed by atoms with van der Waals surface area (Å²) >= 11 is 5.69. The number of nitro groups is 1. The molecule has 2 rings (SSSR count). The third-order valence-electron chi connectivity index (χ3n) is 2.96. The lowest BCUT2D eigenvalue weighted by Crippen LogP contribution is -2.55. The first-order chi connectivity index (χ1) is 9.40. The van der Waals surface area contributed by atoms with Crippen molar-refractivity contribution in [3.8, 4) is 0 Å². The molecule has 1 aliphatic rings. The third kappa shape index (κ3) is 3.00. The van der Waals surface area contributed by atoms with Crippen LogP contribution in [0.25, 0.3) is 0 Å². The second-order valence-electron chi connectivity index (χ2n) is 4.37. The summed E-state index contributed by atoms with van der Waals surface area (Å²) in [6.07, 6.45) is -5.10. The SMILES string of the molecule is O=[N+]([O-])c1cc(Cl)ccc1N[C@H]1OC[C@@H](O)[C@@H](O)[C@@H]1O. The summed E-state index contributed by atoms with van der Waals surface area (Å²) in [7, 11) is 0. The fourth-order valence-corrected chi connectivity index (χ4v) is 2.03. The van der Waals surface area contributed by atoms with Gasteiger partial charge in [-0.05, 0) is 12.1 Å². The van der Waals surface area contributed by atoms with E-state index in [-0.39, 0.29) is 23.0 Å². The van der Waals surface area contributed by atoms with Gasteiger partial charge in [0.05, 0.1) is 11.5 Å². The summed E-state index contributed by atoms with van der Waals surface area (Å²) in [5.41, 5.74) is -0.194. The molecule has 110 valence electrons. The highest BCUT2D eigenvalue weighted by Gasteiger charge is 2.38. The number of halogens is 1. The number of benzene rings is 1. The number of nitrogens with zero attached hydrogens (tertiary/aromatic N) is 1. The van der Waals surface area contributed by atoms with Gasteiger partial charge in [-0.3, -0.25) is 10.1 Å². The molecular weight excluding hydrogens is 292 g/mol. The second kappa shape index (κ2) is 5.90. The van der Waals surface area contributed by atoms with Crippen molar-refractivity contribution in [2.45, 2.75) is 24.5 Å². The highest BCUT2D eigenvalue weighted by molar-refractivity contribution is 6.30. The summed E-state index contributed by atoms with van der Waals surface area (Å²) in [6, 6.07) is 3.97. The van der Waals surface area contributed by atoms with E-state index in [9.17, 15) is 25.4 Å². The minimum atomic E-state index is -1.42. The Kier molecular flexibility index (Phi) is 4.41. The maximum absolute atomic E-state index is 10.9. The Bertz CT molecular complexity index is 514. The van der Waals surface area contributed by atoms with Crippen molar-refractivity contribution in [3.63, 3.8) is 0 Å². The molecule has 9 heteroatoms. The first kappa shape index (κ1) is 14.9. The van der Waals surface area contributed by atoms with Gasteiger partial charge in [-0.1, -0.05) is 11.6 Å². The maximum Gasteiger partial charge on any atom is 0.293 e. The molecule has 8 nitrogen and oxygen atoms in total. The quantitative estimate of drug-likeness (QED) is 0.461. The number of rotatable bonds is 3. The first-order valence-electron chi connectivity index (χ1n) is 5.76. The van der Waals surface area contributed by atoms with Crippen molar-refractivity contribution in [2.24, 2.45) is 0 Å². The standard InChI is InChI=1S/C11H13ClN2O6/c12-5-1-2-6(7(3-5)14(18)19)13-11-10(17)9(16)8(15)4-20-11/h1-3,8-11,13,15-17H,4H2/t8-,9-,10+,11+/m1/s1. The molecule has 4 atom stereocenters. The molecule has 1 saturated heterocycles. The van der Waals surface area contributed by atoms with Crippen LogP contribution in [0.2, 0.25) is 5.02 Å². The zero-order valence-electron chi connectivity index (χ0n) is 10.1. The summed E-state index contributed by atoms with van der Waals surface area (Å²) in [6.45, 7) is -0.197. The largest absolute Gasteiger partial charge is 0.388 e. The molecule has 0 saturated carbocycles. The molecule has 1 heterocycles. The smallest absolute Gasteiger partial charge is 0.293 e. The normalized spacial score (nSPS) is 30.0. The van der Waals surface area contributed by atoms with Gasteiger partial charge in [-0.2, -0.15) is 0 Å². The van der Waals surface area contributed by atoms with Crippen LogP contribution in [0.1, 0.15) is 0 Å². The predicted molar refractivity (Wildman–Crippen MR) is 69.5 cm³/mol. The van der Waals surface area contributed by atoms with Crippen LogP contribution in [0.4, 0.5) is 11.4 Å². The van der Waals surface area contributed by atoms with Crippen molar-refractivity contribution in [1.82, 2.24) is 0 Å². The van der Waals surface area contributed by atoms with Gasteiger partial charge in [0.25, 0.3) is 5.69 Å². The van der Waals surface area contributed by atoms with E-state index in [4.69, 9.17) is 16.3 Å². The van der Waals surface area contributed by atoms with E-state index in [1.54, 1.807) is 0 Å². The van der Waals surface area contributed by atoms with E-state index >= 15 is 0 Å². The van der Waals surface area contributed by atoms with Crippen molar-refractivity contribution in [3.05, 3.63) is 33.3 Å². The number of nitro benzene ring substituents is 1. The molecule has 0 aromatic heterocycles. The molecule has 0 bridgehead atoms. The number of nitrogens with one attached hydrogen (secondary N) is 1. The predicted octanol–water partition coefficient (Wildman–Crippen LogP) is 0.0991. The van der Waals surface area contributed by atoms with Gasteiger partial charge in [0.15, 0.2) is 6.23 Å². The van der Waals surface area contributed by atoms with Crippen molar-refractivity contribution < 1.29 is 25.0 Å². The molecule has 4 N–H and O–H groups in total. The Morgan fingerprint density at radius 1 is 1.35 bits per heavy atom. The minimum Gasteiger partial charge on any atom is -0.388 e. The van der Waals surface area contributed by atoms with Crippen molar-refractivity contribution in [2.75, 3.05) is 11.9 Å². The summed E-state index contributed by atoms with van der Waals surface area (Å²) in [5.74, 6) is 0. The van der Waals surface area contributed by atoms with Crippen LogP contribution in [-0.2, 0) is 4.74 Å². The van der Waals surface area contributed by atoms with E-state index in [1.807, 2.05) is 0 Å². The Hall–Kier alpha value is -1.45. The van der Waals surface area contributed by atoms with Crippen LogP contribution in [-0.4, -0.2) is 51.4 Å². The summed E-state index contributed by atoms with van der Waals surface area (Å²) in [4.78, 5) is 10.3. The second-order valence-corrected chi connectivity index (χ2v) is 4.80. The van der Waals surface area contributed by atoms with Gasteiger partial charge < -0.3 is 25.4 Å². The van der Waals surface area contributed by atoms with Crippen LogP contribution < -0.4 is 5.32 Å². The topological polar surface area (TPSA) is 125 Å². The van der Waals surface area contributed by atoms with Crippen molar-refractivity contribution in [1.29, 1.82) is 0 Å². The van der Waals surface area contributed by atoms with E-state index in [2.05, 4.69) is 5.32 Å². The van der Waals surface area contributed by atoms with Crippen molar-refractivity contribution >= 4 is 23.0 Å². The lowest BCUT2D eigenvalue weighted by Gasteiger charge is -2.35. The van der Waals surface area contributed by atoms with E-state index in [0.717, 1.165) is 6.07 Å². The fraction of sp³-hybridized carbons (Fsp3) is 0.455. The number of hydrogen-bond donors (Lipinski definition) is 4. The molecule has 1 fully saturated rings. The average Bonchev–Trinajstić information content (AvgIpc) is 2.41. The van der Waals surface area contributed by atoms with Gasteiger partial charge in [0.2, 0.25) is 0 Å². The molecule has 0 amide bonds. The fourth-order valence-electron chi connectivity index (χ4n) is 1.86. The number of hydrogen-bond acceptors (Lipinski definition) is 7.